The molecule has 1 saturated carbocycles. The van der Waals surface area contributed by atoms with E-state index in [4.69, 9.17) is 5.11 Å². The Morgan fingerprint density at radius 3 is 2.28 bits per heavy atom. The Morgan fingerprint density at radius 1 is 1.17 bits per heavy atom. The number of carboxylic acids is 1. The van der Waals surface area contributed by atoms with Gasteiger partial charge in [-0.15, -0.1) is 0 Å². The lowest BCUT2D eigenvalue weighted by atomic mass is 10.0. The summed E-state index contributed by atoms with van der Waals surface area (Å²) in [5, 5.41) is 8.77. The Balaban J connectivity index is 2.13. The molecular formula is C12H21NO4S. The number of hydrogen-bond acceptors (Lipinski definition) is 3. The maximum absolute atomic E-state index is 12.5. The minimum Gasteiger partial charge on any atom is -0.481 e. The summed E-state index contributed by atoms with van der Waals surface area (Å²) in [6.07, 6.45) is 4.93. The Hall–Kier alpha value is -0.620. The summed E-state index contributed by atoms with van der Waals surface area (Å²) in [7, 11) is -3.31. The van der Waals surface area contributed by atoms with Crippen LogP contribution < -0.4 is 0 Å². The van der Waals surface area contributed by atoms with Crippen molar-refractivity contribution in [2.45, 2.75) is 56.7 Å². The monoisotopic (exact) mass is 275 g/mol. The van der Waals surface area contributed by atoms with E-state index < -0.39 is 28.0 Å². The second kappa shape index (κ2) is 5.17. The minimum absolute atomic E-state index is 0.291. The van der Waals surface area contributed by atoms with Crippen LogP contribution >= 0.6 is 0 Å². The van der Waals surface area contributed by atoms with Gasteiger partial charge in [0.05, 0.1) is 11.2 Å². The van der Waals surface area contributed by atoms with Gasteiger partial charge in [-0.2, -0.15) is 4.31 Å². The molecule has 1 saturated heterocycles. The first-order valence-electron chi connectivity index (χ1n) is 6.68. The lowest BCUT2D eigenvalue weighted by molar-refractivity contribution is -0.142. The number of hydrogen-bond donors (Lipinski definition) is 1. The maximum atomic E-state index is 12.5. The van der Waals surface area contributed by atoms with Crippen LogP contribution in [0.1, 0.15) is 45.4 Å². The maximum Gasteiger partial charge on any atom is 0.308 e. The van der Waals surface area contributed by atoms with E-state index >= 15 is 0 Å². The highest BCUT2D eigenvalue weighted by Gasteiger charge is 2.44. The van der Waals surface area contributed by atoms with E-state index in [9.17, 15) is 13.2 Å². The molecule has 2 fully saturated rings. The lowest BCUT2D eigenvalue weighted by Crippen LogP contribution is -2.43. The van der Waals surface area contributed by atoms with Crippen molar-refractivity contribution in [2.75, 3.05) is 6.54 Å². The number of carbonyl (C=O) groups is 1. The van der Waals surface area contributed by atoms with Crippen molar-refractivity contribution in [2.24, 2.45) is 5.92 Å². The van der Waals surface area contributed by atoms with Crippen molar-refractivity contribution in [3.05, 3.63) is 0 Å². The average Bonchev–Trinajstić information content (AvgIpc) is 2.73. The minimum atomic E-state index is -3.31. The quantitative estimate of drug-likeness (QED) is 0.845. The second-order valence-corrected chi connectivity index (χ2v) is 7.56. The van der Waals surface area contributed by atoms with Crippen molar-refractivity contribution < 1.29 is 18.3 Å². The molecule has 0 spiro atoms. The average molecular weight is 275 g/mol. The van der Waals surface area contributed by atoms with Gasteiger partial charge in [-0.05, 0) is 26.2 Å². The predicted octanol–water partition coefficient (Wildman–Crippen LogP) is 1.44. The van der Waals surface area contributed by atoms with Crippen LogP contribution in [0.2, 0.25) is 0 Å². The molecular weight excluding hydrogens is 254 g/mol. The van der Waals surface area contributed by atoms with E-state index in [0.29, 0.717) is 13.0 Å². The van der Waals surface area contributed by atoms with Crippen LogP contribution in [0.3, 0.4) is 0 Å². The molecule has 1 aliphatic heterocycles. The largest absolute Gasteiger partial charge is 0.481 e. The van der Waals surface area contributed by atoms with Crippen molar-refractivity contribution >= 4 is 16.0 Å². The van der Waals surface area contributed by atoms with Gasteiger partial charge in [0.15, 0.2) is 0 Å². The van der Waals surface area contributed by atoms with Crippen LogP contribution in [0, 0.1) is 5.92 Å². The molecule has 2 unspecified atom stereocenters. The summed E-state index contributed by atoms with van der Waals surface area (Å²) >= 11 is 0. The van der Waals surface area contributed by atoms with Gasteiger partial charge < -0.3 is 5.11 Å². The molecule has 18 heavy (non-hydrogen) atoms. The summed E-state index contributed by atoms with van der Waals surface area (Å²) in [5.74, 6) is -1.44. The zero-order valence-corrected chi connectivity index (χ0v) is 11.5. The van der Waals surface area contributed by atoms with Crippen molar-refractivity contribution in [1.29, 1.82) is 0 Å². The normalized spacial score (nSPS) is 31.6. The van der Waals surface area contributed by atoms with E-state index in [1.807, 2.05) is 0 Å². The Kier molecular flexibility index (Phi) is 3.96. The van der Waals surface area contributed by atoms with E-state index in [2.05, 4.69) is 0 Å². The molecule has 1 N–H and O–H groups in total. The van der Waals surface area contributed by atoms with Crippen molar-refractivity contribution in [1.82, 2.24) is 4.31 Å². The van der Waals surface area contributed by atoms with Gasteiger partial charge in [0, 0.05) is 12.6 Å². The van der Waals surface area contributed by atoms with Crippen LogP contribution in [0.5, 0.6) is 0 Å². The number of rotatable bonds is 3. The number of aliphatic carboxylic acids is 1. The second-order valence-electron chi connectivity index (χ2n) is 5.39. The molecule has 2 rings (SSSR count). The standard InChI is InChI=1S/C12H21NO4S/c1-9-11(12(14)15)7-8-13(9)18(16,17)10-5-3-2-4-6-10/h9-11H,2-8H2,1H3,(H,14,15). The van der Waals surface area contributed by atoms with Crippen LogP contribution in [0.15, 0.2) is 0 Å². The Labute approximate surface area is 108 Å². The van der Waals surface area contributed by atoms with Gasteiger partial charge in [0.25, 0.3) is 0 Å². The molecule has 0 aromatic heterocycles. The van der Waals surface area contributed by atoms with Crippen LogP contribution in [0.4, 0.5) is 0 Å². The molecule has 0 bridgehead atoms. The molecule has 0 amide bonds. The van der Waals surface area contributed by atoms with Gasteiger partial charge >= 0.3 is 5.97 Å². The molecule has 2 aliphatic rings. The van der Waals surface area contributed by atoms with E-state index in [0.717, 1.165) is 32.1 Å². The third-order valence-electron chi connectivity index (χ3n) is 4.31. The van der Waals surface area contributed by atoms with E-state index in [1.165, 1.54) is 4.31 Å². The lowest BCUT2D eigenvalue weighted by Gasteiger charge is -2.30. The fourth-order valence-electron chi connectivity index (χ4n) is 3.16. The Morgan fingerprint density at radius 2 is 1.78 bits per heavy atom. The molecule has 6 heteroatoms. The van der Waals surface area contributed by atoms with Gasteiger partial charge in [-0.1, -0.05) is 19.3 Å². The zero-order valence-electron chi connectivity index (χ0n) is 10.7. The fraction of sp³-hybridized carbons (Fsp3) is 0.917. The van der Waals surface area contributed by atoms with Crippen LogP contribution in [-0.2, 0) is 14.8 Å². The SMILES string of the molecule is CC1C(C(=O)O)CCN1S(=O)(=O)C1CCCCC1. The molecule has 104 valence electrons. The molecule has 0 aromatic rings. The summed E-state index contributed by atoms with van der Waals surface area (Å²) in [5.41, 5.74) is 0. The summed E-state index contributed by atoms with van der Waals surface area (Å²) in [4.78, 5) is 11.0. The first-order chi connectivity index (χ1) is 8.44. The van der Waals surface area contributed by atoms with Gasteiger partial charge in [0.1, 0.15) is 0 Å². The molecule has 5 nitrogen and oxygen atoms in total. The van der Waals surface area contributed by atoms with E-state index in [1.54, 1.807) is 6.92 Å². The third-order valence-corrected chi connectivity index (χ3v) is 6.80. The van der Waals surface area contributed by atoms with Crippen molar-refractivity contribution in [3.8, 4) is 0 Å². The highest BCUT2D eigenvalue weighted by molar-refractivity contribution is 7.89. The van der Waals surface area contributed by atoms with Gasteiger partial charge in [-0.25, -0.2) is 8.42 Å². The fourth-order valence-corrected chi connectivity index (χ4v) is 5.44. The third kappa shape index (κ3) is 2.40. The summed E-state index contributed by atoms with van der Waals surface area (Å²) in [6, 6.07) is -0.408. The van der Waals surface area contributed by atoms with E-state index in [-0.39, 0.29) is 5.25 Å². The predicted molar refractivity (Wildman–Crippen MR) is 67.7 cm³/mol. The van der Waals surface area contributed by atoms with Gasteiger partial charge in [-0.3, -0.25) is 4.79 Å². The zero-order chi connectivity index (χ0) is 13.3. The smallest absolute Gasteiger partial charge is 0.308 e. The first-order valence-corrected chi connectivity index (χ1v) is 8.18. The van der Waals surface area contributed by atoms with Crippen LogP contribution in [-0.4, -0.2) is 41.6 Å². The van der Waals surface area contributed by atoms with Crippen LogP contribution in [0.25, 0.3) is 0 Å². The highest BCUT2D eigenvalue weighted by Crippen LogP contribution is 2.33. The van der Waals surface area contributed by atoms with Crippen molar-refractivity contribution in [3.63, 3.8) is 0 Å². The molecule has 1 aliphatic carbocycles. The molecule has 1 heterocycles. The van der Waals surface area contributed by atoms with Gasteiger partial charge in [0.2, 0.25) is 10.0 Å². The summed E-state index contributed by atoms with van der Waals surface area (Å²) < 4.78 is 26.4. The molecule has 0 radical (unpaired) electrons. The number of nitrogens with zero attached hydrogens (tertiary/aromatic N) is 1. The highest BCUT2D eigenvalue weighted by atomic mass is 32.2. The number of carboxylic acid groups (broad SMARTS) is 1. The Bertz CT molecular complexity index is 414. The topological polar surface area (TPSA) is 74.7 Å². The molecule has 0 aromatic carbocycles. The molecule has 2 atom stereocenters. The number of sulfonamides is 1. The first kappa shape index (κ1) is 13.8. The summed E-state index contributed by atoms with van der Waals surface area (Å²) in [6.45, 7) is 2.07.